The van der Waals surface area contributed by atoms with Crippen molar-refractivity contribution in [1.82, 2.24) is 5.32 Å². The Kier molecular flexibility index (Phi) is 4.71. The molecular weight excluding hydrogens is 200 g/mol. The summed E-state index contributed by atoms with van der Waals surface area (Å²) >= 11 is 1.58. The third-order valence-corrected chi connectivity index (χ3v) is 3.27. The van der Waals surface area contributed by atoms with E-state index in [0.717, 1.165) is 11.6 Å². The van der Waals surface area contributed by atoms with Crippen LogP contribution >= 0.6 is 11.8 Å². The van der Waals surface area contributed by atoms with Crippen LogP contribution in [0.2, 0.25) is 0 Å². The van der Waals surface area contributed by atoms with Crippen LogP contribution in [0.5, 0.6) is 0 Å². The van der Waals surface area contributed by atoms with E-state index < -0.39 is 0 Å². The van der Waals surface area contributed by atoms with Gasteiger partial charge in [0, 0.05) is 20.3 Å². The van der Waals surface area contributed by atoms with Crippen molar-refractivity contribution in [2.24, 2.45) is 4.99 Å². The standard InChI is InChI=1S/C9H18N2O2S/c1-5-6(2)10-9-11-7(12-3)8(13-4)14-9/h6-8H,5H2,1-4H3,(H,10,11)/t6?,7-,8+/m0/s1. The fourth-order valence-corrected chi connectivity index (χ4v) is 2.13. The summed E-state index contributed by atoms with van der Waals surface area (Å²) in [6, 6.07) is 0.439. The molecule has 0 aromatic rings. The third-order valence-electron chi connectivity index (χ3n) is 2.16. The Morgan fingerprint density at radius 2 is 2.21 bits per heavy atom. The van der Waals surface area contributed by atoms with Gasteiger partial charge in [-0.1, -0.05) is 18.7 Å². The van der Waals surface area contributed by atoms with E-state index in [1.807, 2.05) is 0 Å². The molecule has 1 N–H and O–H groups in total. The van der Waals surface area contributed by atoms with Crippen LogP contribution in [0.25, 0.3) is 0 Å². The molecule has 0 aliphatic carbocycles. The summed E-state index contributed by atoms with van der Waals surface area (Å²) in [4.78, 5) is 4.37. The molecule has 0 aromatic heterocycles. The quantitative estimate of drug-likeness (QED) is 0.775. The second-order valence-corrected chi connectivity index (χ2v) is 4.32. The van der Waals surface area contributed by atoms with Crippen LogP contribution in [0.1, 0.15) is 20.3 Å². The Hall–Kier alpha value is -0.260. The van der Waals surface area contributed by atoms with Crippen LogP contribution < -0.4 is 5.32 Å². The zero-order chi connectivity index (χ0) is 10.6. The molecule has 3 atom stereocenters. The molecule has 0 amide bonds. The summed E-state index contributed by atoms with van der Waals surface area (Å²) in [5, 5.41) is 4.22. The molecular formula is C9H18N2O2S. The van der Waals surface area contributed by atoms with Crippen LogP contribution in [-0.4, -0.2) is 37.1 Å². The Morgan fingerprint density at radius 3 is 2.64 bits per heavy atom. The van der Waals surface area contributed by atoms with Gasteiger partial charge in [0.2, 0.25) is 0 Å². The smallest absolute Gasteiger partial charge is 0.186 e. The number of amidine groups is 1. The molecule has 14 heavy (non-hydrogen) atoms. The van der Waals surface area contributed by atoms with Gasteiger partial charge in [0.15, 0.2) is 16.8 Å². The average Bonchev–Trinajstić information content (AvgIpc) is 2.59. The maximum Gasteiger partial charge on any atom is 0.186 e. The van der Waals surface area contributed by atoms with Crippen LogP contribution in [0, 0.1) is 0 Å². The Balaban J connectivity index is 2.48. The number of ether oxygens (including phenoxy) is 2. The molecule has 0 spiro atoms. The predicted octanol–water partition coefficient (Wildman–Crippen LogP) is 1.42. The van der Waals surface area contributed by atoms with E-state index in [1.54, 1.807) is 26.0 Å². The molecule has 1 heterocycles. The molecule has 0 bridgehead atoms. The highest BCUT2D eigenvalue weighted by atomic mass is 32.2. The zero-order valence-electron chi connectivity index (χ0n) is 9.11. The lowest BCUT2D eigenvalue weighted by Crippen LogP contribution is -2.29. The van der Waals surface area contributed by atoms with Crippen molar-refractivity contribution in [3.05, 3.63) is 0 Å². The fourth-order valence-electron chi connectivity index (χ4n) is 1.09. The SMILES string of the molecule is CCC(C)NC1=N[C@@H](OC)[C@H](OC)S1. The molecule has 0 saturated heterocycles. The van der Waals surface area contributed by atoms with Gasteiger partial charge in [-0.05, 0) is 13.3 Å². The summed E-state index contributed by atoms with van der Waals surface area (Å²) in [7, 11) is 3.32. The molecule has 1 aliphatic rings. The van der Waals surface area contributed by atoms with E-state index in [9.17, 15) is 0 Å². The maximum absolute atomic E-state index is 5.24. The van der Waals surface area contributed by atoms with E-state index >= 15 is 0 Å². The second-order valence-electron chi connectivity index (χ2n) is 3.24. The third kappa shape index (κ3) is 2.87. The second kappa shape index (κ2) is 5.58. The van der Waals surface area contributed by atoms with Gasteiger partial charge in [-0.3, -0.25) is 0 Å². The first-order valence-electron chi connectivity index (χ1n) is 4.77. The largest absolute Gasteiger partial charge is 0.366 e. The molecule has 4 nitrogen and oxygen atoms in total. The van der Waals surface area contributed by atoms with E-state index in [0.29, 0.717) is 6.04 Å². The minimum atomic E-state index is -0.184. The van der Waals surface area contributed by atoms with E-state index in [-0.39, 0.29) is 11.7 Å². The van der Waals surface area contributed by atoms with E-state index in [1.165, 1.54) is 0 Å². The average molecular weight is 218 g/mol. The van der Waals surface area contributed by atoms with Crippen molar-refractivity contribution in [1.29, 1.82) is 0 Å². The zero-order valence-corrected chi connectivity index (χ0v) is 9.93. The van der Waals surface area contributed by atoms with Crippen molar-refractivity contribution < 1.29 is 9.47 Å². The molecule has 1 rings (SSSR count). The van der Waals surface area contributed by atoms with E-state index in [2.05, 4.69) is 24.2 Å². The van der Waals surface area contributed by atoms with E-state index in [4.69, 9.17) is 9.47 Å². The van der Waals surface area contributed by atoms with Gasteiger partial charge in [0.25, 0.3) is 0 Å². The Bertz CT molecular complexity index is 211. The number of hydrogen-bond acceptors (Lipinski definition) is 5. The lowest BCUT2D eigenvalue weighted by atomic mass is 10.3. The highest BCUT2D eigenvalue weighted by Gasteiger charge is 2.30. The topological polar surface area (TPSA) is 42.9 Å². The molecule has 0 fully saturated rings. The number of nitrogens with zero attached hydrogens (tertiary/aromatic N) is 1. The number of hydrogen-bond donors (Lipinski definition) is 1. The minimum Gasteiger partial charge on any atom is -0.366 e. The van der Waals surface area contributed by atoms with Crippen LogP contribution in [0.3, 0.4) is 0 Å². The van der Waals surface area contributed by atoms with Crippen molar-refractivity contribution in [2.75, 3.05) is 14.2 Å². The monoisotopic (exact) mass is 218 g/mol. The molecule has 0 radical (unpaired) electrons. The van der Waals surface area contributed by atoms with Crippen LogP contribution in [-0.2, 0) is 9.47 Å². The first-order chi connectivity index (χ1) is 6.71. The summed E-state index contributed by atoms with van der Waals surface area (Å²) in [5.41, 5.74) is -0.0217. The van der Waals surface area contributed by atoms with Gasteiger partial charge in [0.05, 0.1) is 0 Å². The molecule has 82 valence electrons. The van der Waals surface area contributed by atoms with Crippen molar-refractivity contribution in [3.63, 3.8) is 0 Å². The number of thioether (sulfide) groups is 1. The minimum absolute atomic E-state index is 0.0217. The summed E-state index contributed by atoms with van der Waals surface area (Å²) < 4.78 is 10.4. The van der Waals surface area contributed by atoms with Gasteiger partial charge >= 0.3 is 0 Å². The first-order valence-corrected chi connectivity index (χ1v) is 5.65. The lowest BCUT2D eigenvalue weighted by Gasteiger charge is -2.13. The Labute approximate surface area is 89.4 Å². The first kappa shape index (κ1) is 11.8. The molecule has 1 aliphatic heterocycles. The van der Waals surface area contributed by atoms with Crippen LogP contribution in [0.4, 0.5) is 0 Å². The van der Waals surface area contributed by atoms with Crippen molar-refractivity contribution >= 4 is 16.9 Å². The number of methoxy groups -OCH3 is 2. The van der Waals surface area contributed by atoms with Crippen LogP contribution in [0.15, 0.2) is 4.99 Å². The molecule has 0 saturated carbocycles. The summed E-state index contributed by atoms with van der Waals surface area (Å²) in [6.07, 6.45) is 0.895. The number of rotatable bonds is 4. The number of nitrogens with one attached hydrogen (secondary N) is 1. The lowest BCUT2D eigenvalue weighted by molar-refractivity contribution is 0.0185. The highest BCUT2D eigenvalue weighted by molar-refractivity contribution is 8.14. The van der Waals surface area contributed by atoms with Gasteiger partial charge in [0.1, 0.15) is 0 Å². The molecule has 1 unspecified atom stereocenters. The Morgan fingerprint density at radius 1 is 1.50 bits per heavy atom. The molecule has 5 heteroatoms. The summed E-state index contributed by atoms with van der Waals surface area (Å²) in [6.45, 7) is 4.27. The number of aliphatic imine (C=N–C) groups is 1. The highest BCUT2D eigenvalue weighted by Crippen LogP contribution is 2.26. The van der Waals surface area contributed by atoms with Crippen molar-refractivity contribution in [2.45, 2.75) is 38.0 Å². The normalized spacial score (nSPS) is 28.7. The van der Waals surface area contributed by atoms with Gasteiger partial charge in [-0.2, -0.15) is 0 Å². The summed E-state index contributed by atoms with van der Waals surface area (Å²) in [5.74, 6) is 0. The van der Waals surface area contributed by atoms with Gasteiger partial charge < -0.3 is 14.8 Å². The van der Waals surface area contributed by atoms with Crippen molar-refractivity contribution in [3.8, 4) is 0 Å². The van der Waals surface area contributed by atoms with Gasteiger partial charge in [-0.15, -0.1) is 0 Å². The molecule has 0 aromatic carbocycles. The van der Waals surface area contributed by atoms with Gasteiger partial charge in [-0.25, -0.2) is 4.99 Å². The predicted molar refractivity (Wildman–Crippen MR) is 59.5 cm³/mol. The maximum atomic E-state index is 5.24. The fraction of sp³-hybridized carbons (Fsp3) is 0.889.